The molecule has 16 heavy (non-hydrogen) atoms. The van der Waals surface area contributed by atoms with Crippen LogP contribution in [0.1, 0.15) is 29.3 Å². The van der Waals surface area contributed by atoms with Gasteiger partial charge in [0.1, 0.15) is 0 Å². The van der Waals surface area contributed by atoms with Crippen molar-refractivity contribution in [2.45, 2.75) is 25.7 Å². The lowest BCUT2D eigenvalue weighted by Crippen LogP contribution is -2.17. The van der Waals surface area contributed by atoms with Crippen LogP contribution in [-0.2, 0) is 6.42 Å². The molecular weight excluding hydrogens is 212 g/mol. The number of ketones is 1. The molecule has 0 aliphatic rings. The van der Waals surface area contributed by atoms with Crippen LogP contribution in [-0.4, -0.2) is 18.3 Å². The summed E-state index contributed by atoms with van der Waals surface area (Å²) in [4.78, 5) is 11.6. The summed E-state index contributed by atoms with van der Waals surface area (Å²) in [5.74, 6) is -2.98. The molecule has 1 aromatic rings. The minimum absolute atomic E-state index is 0.178. The highest BCUT2D eigenvalue weighted by Gasteiger charge is 2.24. The Morgan fingerprint density at radius 3 is 2.56 bits per heavy atom. The van der Waals surface area contributed by atoms with E-state index in [2.05, 4.69) is 0 Å². The fraction of sp³-hybridized carbons (Fsp3) is 0.417. The molecule has 0 radical (unpaired) electrons. The maximum Gasteiger partial charge on any atom is 0.249 e. The summed E-state index contributed by atoms with van der Waals surface area (Å²) < 4.78 is 25.8. The fourth-order valence-corrected chi connectivity index (χ4v) is 1.55. The largest absolute Gasteiger partial charge is 0.330 e. The van der Waals surface area contributed by atoms with Crippen molar-refractivity contribution in [3.05, 3.63) is 35.4 Å². The Morgan fingerprint density at radius 2 is 2.00 bits per heavy atom. The summed E-state index contributed by atoms with van der Waals surface area (Å²) >= 11 is 0. The van der Waals surface area contributed by atoms with Gasteiger partial charge in [0.2, 0.25) is 5.92 Å². The number of carbonyl (C=O) groups excluding carboxylic acids is 1. The van der Waals surface area contributed by atoms with Crippen LogP contribution in [0.25, 0.3) is 0 Å². The first-order valence-electron chi connectivity index (χ1n) is 5.13. The van der Waals surface area contributed by atoms with Gasteiger partial charge in [-0.25, -0.2) is 8.78 Å². The van der Waals surface area contributed by atoms with Gasteiger partial charge in [-0.05, 0) is 19.0 Å². The Balaban J connectivity index is 2.96. The molecule has 0 amide bonds. The molecule has 2 N–H and O–H groups in total. The first-order chi connectivity index (χ1) is 7.44. The van der Waals surface area contributed by atoms with Gasteiger partial charge in [0, 0.05) is 18.4 Å². The smallest absolute Gasteiger partial charge is 0.249 e. The lowest BCUT2D eigenvalue weighted by Gasteiger charge is -2.13. The predicted octanol–water partition coefficient (Wildman–Crippen LogP) is 2.42. The van der Waals surface area contributed by atoms with Crippen LogP contribution in [0.5, 0.6) is 0 Å². The van der Waals surface area contributed by atoms with Gasteiger partial charge in [-0.15, -0.1) is 0 Å². The molecule has 88 valence electrons. The molecule has 4 heteroatoms. The van der Waals surface area contributed by atoms with E-state index in [-0.39, 0.29) is 18.7 Å². The third-order valence-electron chi connectivity index (χ3n) is 2.19. The average Bonchev–Trinajstić information content (AvgIpc) is 2.16. The molecule has 0 heterocycles. The van der Waals surface area contributed by atoms with Crippen molar-refractivity contribution in [2.75, 3.05) is 6.54 Å². The molecule has 0 unspecified atom stereocenters. The highest BCUT2D eigenvalue weighted by atomic mass is 19.3. The quantitative estimate of drug-likeness (QED) is 0.785. The summed E-state index contributed by atoms with van der Waals surface area (Å²) in [7, 11) is 0. The van der Waals surface area contributed by atoms with Crippen molar-refractivity contribution < 1.29 is 13.6 Å². The van der Waals surface area contributed by atoms with Crippen molar-refractivity contribution in [3.63, 3.8) is 0 Å². The number of benzene rings is 1. The fourth-order valence-electron chi connectivity index (χ4n) is 1.55. The molecule has 0 aliphatic carbocycles. The molecule has 0 bridgehead atoms. The second-order valence-electron chi connectivity index (χ2n) is 3.87. The predicted molar refractivity (Wildman–Crippen MR) is 58.8 cm³/mol. The van der Waals surface area contributed by atoms with E-state index in [4.69, 9.17) is 5.73 Å². The Kier molecular flexibility index (Phi) is 4.12. The maximum absolute atomic E-state index is 12.9. The van der Waals surface area contributed by atoms with Gasteiger partial charge in [-0.1, -0.05) is 24.3 Å². The first kappa shape index (κ1) is 12.8. The van der Waals surface area contributed by atoms with Gasteiger partial charge in [0.25, 0.3) is 0 Å². The normalized spacial score (nSPS) is 11.5. The molecule has 0 aliphatic heterocycles. The van der Waals surface area contributed by atoms with Gasteiger partial charge < -0.3 is 5.73 Å². The second-order valence-corrected chi connectivity index (χ2v) is 3.87. The molecule has 1 aromatic carbocycles. The number of alkyl halides is 2. The monoisotopic (exact) mass is 227 g/mol. The Bertz CT molecular complexity index is 372. The van der Waals surface area contributed by atoms with Gasteiger partial charge in [0.05, 0.1) is 0 Å². The third-order valence-corrected chi connectivity index (χ3v) is 2.19. The van der Waals surface area contributed by atoms with Crippen molar-refractivity contribution in [1.29, 1.82) is 0 Å². The Labute approximate surface area is 93.5 Å². The summed E-state index contributed by atoms with van der Waals surface area (Å²) in [6.45, 7) is 1.08. The van der Waals surface area contributed by atoms with Crippen LogP contribution in [0.3, 0.4) is 0 Å². The minimum atomic E-state index is -2.81. The van der Waals surface area contributed by atoms with E-state index in [0.717, 1.165) is 6.92 Å². The number of carbonyl (C=O) groups is 1. The molecule has 0 atom stereocenters. The van der Waals surface area contributed by atoms with Gasteiger partial charge in [-0.2, -0.15) is 0 Å². The number of hydrogen-bond donors (Lipinski definition) is 1. The number of hydrogen-bond acceptors (Lipinski definition) is 2. The van der Waals surface area contributed by atoms with E-state index in [9.17, 15) is 13.6 Å². The zero-order valence-electron chi connectivity index (χ0n) is 9.17. The SMILES string of the molecule is CC(F)(F)Cc1ccccc1C(=O)CCN. The highest BCUT2D eigenvalue weighted by Crippen LogP contribution is 2.22. The van der Waals surface area contributed by atoms with Crippen molar-refractivity contribution >= 4 is 5.78 Å². The van der Waals surface area contributed by atoms with E-state index in [1.54, 1.807) is 24.3 Å². The van der Waals surface area contributed by atoms with Gasteiger partial charge in [-0.3, -0.25) is 4.79 Å². The van der Waals surface area contributed by atoms with E-state index in [1.165, 1.54) is 0 Å². The van der Waals surface area contributed by atoms with E-state index in [1.807, 2.05) is 0 Å². The topological polar surface area (TPSA) is 43.1 Å². The molecular formula is C12H15F2NO. The molecule has 2 nitrogen and oxygen atoms in total. The summed E-state index contributed by atoms with van der Waals surface area (Å²) in [5, 5.41) is 0. The van der Waals surface area contributed by atoms with Crippen LogP contribution in [0.4, 0.5) is 8.78 Å². The zero-order valence-corrected chi connectivity index (χ0v) is 9.17. The molecule has 0 aromatic heterocycles. The van der Waals surface area contributed by atoms with E-state index >= 15 is 0 Å². The number of Topliss-reactive ketones (excluding diaryl/α,β-unsaturated/α-hetero) is 1. The third kappa shape index (κ3) is 3.70. The lowest BCUT2D eigenvalue weighted by molar-refractivity contribution is 0.0225. The van der Waals surface area contributed by atoms with Crippen molar-refractivity contribution in [3.8, 4) is 0 Å². The second kappa shape index (κ2) is 5.16. The molecule has 0 saturated carbocycles. The van der Waals surface area contributed by atoms with E-state index < -0.39 is 12.3 Å². The maximum atomic E-state index is 12.9. The Hall–Kier alpha value is -1.29. The zero-order chi connectivity index (χ0) is 12.2. The molecule has 0 spiro atoms. The van der Waals surface area contributed by atoms with Crippen LogP contribution < -0.4 is 5.73 Å². The van der Waals surface area contributed by atoms with Crippen molar-refractivity contribution in [2.24, 2.45) is 5.73 Å². The lowest BCUT2D eigenvalue weighted by atomic mass is 9.97. The minimum Gasteiger partial charge on any atom is -0.330 e. The van der Waals surface area contributed by atoms with E-state index in [0.29, 0.717) is 11.1 Å². The standard InChI is InChI=1S/C12H15F2NO/c1-12(13,14)8-9-4-2-3-5-10(9)11(16)6-7-15/h2-5H,6-8,15H2,1H3. The molecule has 0 saturated heterocycles. The molecule has 1 rings (SSSR count). The summed E-state index contributed by atoms with van der Waals surface area (Å²) in [5.41, 5.74) is 6.01. The number of rotatable bonds is 5. The summed E-state index contributed by atoms with van der Waals surface area (Å²) in [6, 6.07) is 6.45. The highest BCUT2D eigenvalue weighted by molar-refractivity contribution is 5.97. The van der Waals surface area contributed by atoms with Crippen LogP contribution in [0, 0.1) is 0 Å². The van der Waals surface area contributed by atoms with Crippen LogP contribution >= 0.6 is 0 Å². The first-order valence-corrected chi connectivity index (χ1v) is 5.13. The number of nitrogens with two attached hydrogens (primary N) is 1. The average molecular weight is 227 g/mol. The van der Waals surface area contributed by atoms with Crippen LogP contribution in [0.15, 0.2) is 24.3 Å². The van der Waals surface area contributed by atoms with Gasteiger partial charge >= 0.3 is 0 Å². The Morgan fingerprint density at radius 1 is 1.38 bits per heavy atom. The molecule has 0 fully saturated rings. The van der Waals surface area contributed by atoms with Gasteiger partial charge in [0.15, 0.2) is 5.78 Å². The van der Waals surface area contributed by atoms with Crippen molar-refractivity contribution in [1.82, 2.24) is 0 Å². The number of halogens is 2. The van der Waals surface area contributed by atoms with Crippen LogP contribution in [0.2, 0.25) is 0 Å². The summed E-state index contributed by atoms with van der Waals surface area (Å²) in [6.07, 6.45) is -0.230.